The van der Waals surface area contributed by atoms with Gasteiger partial charge in [0.2, 0.25) is 0 Å². The van der Waals surface area contributed by atoms with E-state index in [-0.39, 0.29) is 24.0 Å². The number of halogens is 1. The van der Waals surface area contributed by atoms with Gasteiger partial charge in [0.05, 0.1) is 13.1 Å². The van der Waals surface area contributed by atoms with Gasteiger partial charge in [0.25, 0.3) is 5.91 Å². The van der Waals surface area contributed by atoms with Crippen LogP contribution in [0.5, 0.6) is 0 Å². The Morgan fingerprint density at radius 1 is 1.11 bits per heavy atom. The molecule has 6 nitrogen and oxygen atoms in total. The first-order valence-electron chi connectivity index (χ1n) is 8.60. The number of amides is 1. The van der Waals surface area contributed by atoms with Gasteiger partial charge in [-0.05, 0) is 29.6 Å². The van der Waals surface area contributed by atoms with Gasteiger partial charge in [-0.3, -0.25) is 9.78 Å². The minimum Gasteiger partial charge on any atom is -0.346 e. The number of carbonyl (C=O) groups is 1. The zero-order valence-corrected chi connectivity index (χ0v) is 15.6. The Balaban J connectivity index is 1.67. The van der Waals surface area contributed by atoms with Crippen LogP contribution in [0.25, 0.3) is 11.3 Å². The molecule has 4 aromatic rings. The molecule has 0 saturated heterocycles. The molecule has 28 heavy (non-hydrogen) atoms. The number of nitrogens with zero attached hydrogens (tertiary/aromatic N) is 4. The van der Waals surface area contributed by atoms with Crippen molar-refractivity contribution in [3.8, 4) is 11.3 Å². The summed E-state index contributed by atoms with van der Waals surface area (Å²) < 4.78 is 15.6. The van der Waals surface area contributed by atoms with Crippen LogP contribution in [-0.2, 0) is 13.1 Å². The summed E-state index contributed by atoms with van der Waals surface area (Å²) in [5.41, 5.74) is 1.92. The Hall–Kier alpha value is -3.39. The number of thiophene rings is 1. The second-order valence-corrected chi connectivity index (χ2v) is 7.07. The Morgan fingerprint density at radius 3 is 2.68 bits per heavy atom. The average Bonchev–Trinajstić information content (AvgIpc) is 3.38. The molecule has 140 valence electrons. The van der Waals surface area contributed by atoms with Crippen LogP contribution in [0.1, 0.15) is 20.9 Å². The predicted molar refractivity (Wildman–Crippen MR) is 104 cm³/mol. The monoisotopic (exact) mass is 393 g/mol. The fourth-order valence-corrected chi connectivity index (χ4v) is 3.47. The van der Waals surface area contributed by atoms with Gasteiger partial charge in [0.1, 0.15) is 11.5 Å². The predicted octanol–water partition coefficient (Wildman–Crippen LogP) is 3.52. The van der Waals surface area contributed by atoms with Crippen LogP contribution < -0.4 is 5.32 Å². The molecule has 0 bridgehead atoms. The Labute approximate surface area is 164 Å². The quantitative estimate of drug-likeness (QED) is 0.544. The third kappa shape index (κ3) is 3.81. The Bertz CT molecular complexity index is 1080. The maximum atomic E-state index is 14.1. The molecule has 3 heterocycles. The highest BCUT2D eigenvalue weighted by molar-refractivity contribution is 7.09. The van der Waals surface area contributed by atoms with E-state index < -0.39 is 0 Å². The SMILES string of the molecule is O=C(NCc1cccs1)c1nnn(Cc2ccccc2F)c1-c1ccncc1. The number of hydrogen-bond donors (Lipinski definition) is 1. The van der Waals surface area contributed by atoms with E-state index in [0.29, 0.717) is 17.8 Å². The van der Waals surface area contributed by atoms with Gasteiger partial charge in [-0.1, -0.05) is 29.5 Å². The highest BCUT2D eigenvalue weighted by Crippen LogP contribution is 2.23. The molecular weight excluding hydrogens is 377 g/mol. The summed E-state index contributed by atoms with van der Waals surface area (Å²) in [6, 6.07) is 13.9. The van der Waals surface area contributed by atoms with E-state index in [9.17, 15) is 9.18 Å². The molecular formula is C20H16FN5OS. The fourth-order valence-electron chi connectivity index (χ4n) is 2.82. The van der Waals surface area contributed by atoms with E-state index in [2.05, 4.69) is 20.6 Å². The van der Waals surface area contributed by atoms with Crippen molar-refractivity contribution in [1.82, 2.24) is 25.3 Å². The lowest BCUT2D eigenvalue weighted by molar-refractivity contribution is 0.0947. The van der Waals surface area contributed by atoms with Crippen molar-refractivity contribution in [1.29, 1.82) is 0 Å². The van der Waals surface area contributed by atoms with Gasteiger partial charge >= 0.3 is 0 Å². The van der Waals surface area contributed by atoms with E-state index in [1.165, 1.54) is 10.7 Å². The van der Waals surface area contributed by atoms with Crippen LogP contribution in [-0.4, -0.2) is 25.9 Å². The average molecular weight is 393 g/mol. The lowest BCUT2D eigenvalue weighted by atomic mass is 10.1. The molecule has 0 saturated carbocycles. The summed E-state index contributed by atoms with van der Waals surface area (Å²) in [4.78, 5) is 17.8. The van der Waals surface area contributed by atoms with E-state index in [0.717, 1.165) is 10.4 Å². The van der Waals surface area contributed by atoms with E-state index in [1.807, 2.05) is 17.5 Å². The molecule has 0 atom stereocenters. The summed E-state index contributed by atoms with van der Waals surface area (Å²) >= 11 is 1.56. The third-order valence-corrected chi connectivity index (χ3v) is 5.06. The molecule has 4 rings (SSSR count). The normalized spacial score (nSPS) is 10.8. The molecule has 0 fully saturated rings. The number of pyridine rings is 1. The molecule has 1 N–H and O–H groups in total. The van der Waals surface area contributed by atoms with Gasteiger partial charge < -0.3 is 5.32 Å². The summed E-state index contributed by atoms with van der Waals surface area (Å²) in [5.74, 6) is -0.664. The minimum absolute atomic E-state index is 0.162. The van der Waals surface area contributed by atoms with E-state index >= 15 is 0 Å². The standard InChI is InChI=1S/C20H16FN5OS/c21-17-6-2-1-4-15(17)13-26-19(14-7-9-22-10-8-14)18(24-25-26)20(27)23-12-16-5-3-11-28-16/h1-11H,12-13H2,(H,23,27). The number of benzene rings is 1. The summed E-state index contributed by atoms with van der Waals surface area (Å²) in [5, 5.41) is 13.0. The van der Waals surface area contributed by atoms with Crippen LogP contribution in [0.4, 0.5) is 4.39 Å². The Morgan fingerprint density at radius 2 is 1.93 bits per heavy atom. The van der Waals surface area contributed by atoms with Crippen LogP contribution in [0.3, 0.4) is 0 Å². The molecule has 0 aliphatic rings. The highest BCUT2D eigenvalue weighted by Gasteiger charge is 2.22. The van der Waals surface area contributed by atoms with Crippen molar-refractivity contribution in [2.75, 3.05) is 0 Å². The fraction of sp³-hybridized carbons (Fsp3) is 0.100. The van der Waals surface area contributed by atoms with Crippen molar-refractivity contribution in [3.63, 3.8) is 0 Å². The minimum atomic E-state index is -0.333. The number of carbonyl (C=O) groups excluding carboxylic acids is 1. The molecule has 3 aromatic heterocycles. The first-order chi connectivity index (χ1) is 13.7. The summed E-state index contributed by atoms with van der Waals surface area (Å²) in [7, 11) is 0. The number of aromatic nitrogens is 4. The van der Waals surface area contributed by atoms with Gasteiger partial charge in [-0.15, -0.1) is 16.4 Å². The molecule has 0 aliphatic heterocycles. The number of nitrogens with one attached hydrogen (secondary N) is 1. The zero-order chi connectivity index (χ0) is 19.3. The van der Waals surface area contributed by atoms with Crippen molar-refractivity contribution in [2.24, 2.45) is 0 Å². The van der Waals surface area contributed by atoms with Crippen LogP contribution >= 0.6 is 11.3 Å². The van der Waals surface area contributed by atoms with Crippen molar-refractivity contribution < 1.29 is 9.18 Å². The van der Waals surface area contributed by atoms with E-state index in [1.54, 1.807) is 54.1 Å². The van der Waals surface area contributed by atoms with Crippen molar-refractivity contribution in [3.05, 3.63) is 88.3 Å². The van der Waals surface area contributed by atoms with Crippen LogP contribution in [0.2, 0.25) is 0 Å². The summed E-state index contributed by atoms with van der Waals surface area (Å²) in [6.07, 6.45) is 3.26. The molecule has 0 radical (unpaired) electrons. The topological polar surface area (TPSA) is 72.7 Å². The zero-order valence-electron chi connectivity index (χ0n) is 14.7. The van der Waals surface area contributed by atoms with Gasteiger partial charge in [0.15, 0.2) is 5.69 Å². The number of hydrogen-bond acceptors (Lipinski definition) is 5. The first-order valence-corrected chi connectivity index (χ1v) is 9.48. The number of rotatable bonds is 6. The molecule has 0 spiro atoms. The van der Waals surface area contributed by atoms with Crippen LogP contribution in [0, 0.1) is 5.82 Å². The highest BCUT2D eigenvalue weighted by atomic mass is 32.1. The van der Waals surface area contributed by atoms with Crippen molar-refractivity contribution in [2.45, 2.75) is 13.1 Å². The molecule has 0 aliphatic carbocycles. The molecule has 0 unspecified atom stereocenters. The second kappa shape index (κ2) is 8.10. The van der Waals surface area contributed by atoms with Crippen molar-refractivity contribution >= 4 is 17.2 Å². The molecule has 1 aromatic carbocycles. The second-order valence-electron chi connectivity index (χ2n) is 6.03. The Kier molecular flexibility index (Phi) is 5.20. The van der Waals surface area contributed by atoms with E-state index in [4.69, 9.17) is 0 Å². The molecule has 1 amide bonds. The smallest absolute Gasteiger partial charge is 0.274 e. The largest absolute Gasteiger partial charge is 0.346 e. The maximum absolute atomic E-state index is 14.1. The lowest BCUT2D eigenvalue weighted by Gasteiger charge is -2.09. The van der Waals surface area contributed by atoms with Gasteiger partial charge in [-0.25, -0.2) is 9.07 Å². The van der Waals surface area contributed by atoms with Gasteiger partial charge in [-0.2, -0.15) is 0 Å². The van der Waals surface area contributed by atoms with Gasteiger partial charge in [0, 0.05) is 28.4 Å². The third-order valence-electron chi connectivity index (χ3n) is 4.19. The molecule has 8 heteroatoms. The van der Waals surface area contributed by atoms with Crippen LogP contribution in [0.15, 0.2) is 66.3 Å². The first kappa shape index (κ1) is 18.0. The lowest BCUT2D eigenvalue weighted by Crippen LogP contribution is -2.23. The maximum Gasteiger partial charge on any atom is 0.274 e. The summed E-state index contributed by atoms with van der Waals surface area (Å²) in [6.45, 7) is 0.571.